The Kier molecular flexibility index (Phi) is 4.64. The second-order valence-corrected chi connectivity index (χ2v) is 6.84. The molecule has 0 aliphatic carbocycles. The lowest BCUT2D eigenvalue weighted by atomic mass is 10.0. The number of halogens is 5. The second kappa shape index (κ2) is 6.90. The van der Waals surface area contributed by atoms with Gasteiger partial charge in [-0.05, 0) is 13.0 Å². The van der Waals surface area contributed by atoms with E-state index in [1.165, 1.54) is 10.9 Å². The molecule has 4 rings (SSSR count). The van der Waals surface area contributed by atoms with Gasteiger partial charge in [-0.1, -0.05) is 0 Å². The van der Waals surface area contributed by atoms with Crippen LogP contribution in [-0.4, -0.2) is 45.9 Å². The molecule has 3 aromatic rings. The van der Waals surface area contributed by atoms with Gasteiger partial charge in [-0.25, -0.2) is 18.4 Å². The fraction of sp³-hybridized carbons (Fsp3) is 0.389. The molecule has 154 valence electrons. The first-order valence-electron chi connectivity index (χ1n) is 8.90. The number of hydrogen-bond acceptors (Lipinski definition) is 5. The number of benzene rings is 1. The van der Waals surface area contributed by atoms with Crippen LogP contribution in [0.25, 0.3) is 22.3 Å². The fourth-order valence-electron chi connectivity index (χ4n) is 3.39. The van der Waals surface area contributed by atoms with Crippen molar-refractivity contribution in [3.05, 3.63) is 35.0 Å². The minimum Gasteiger partial charge on any atom is -0.338 e. The molecule has 0 bridgehead atoms. The zero-order valence-electron chi connectivity index (χ0n) is 15.6. The van der Waals surface area contributed by atoms with Crippen LogP contribution in [0.1, 0.15) is 11.1 Å². The van der Waals surface area contributed by atoms with Crippen molar-refractivity contribution in [1.82, 2.24) is 25.1 Å². The van der Waals surface area contributed by atoms with Crippen molar-refractivity contribution in [1.29, 1.82) is 0 Å². The summed E-state index contributed by atoms with van der Waals surface area (Å²) in [6, 6.07) is 0.448. The normalized spacial score (nSPS) is 15.3. The van der Waals surface area contributed by atoms with Gasteiger partial charge in [0, 0.05) is 50.6 Å². The first-order chi connectivity index (χ1) is 13.7. The van der Waals surface area contributed by atoms with Gasteiger partial charge in [0.05, 0.1) is 10.9 Å². The van der Waals surface area contributed by atoms with E-state index in [-0.39, 0.29) is 11.1 Å². The van der Waals surface area contributed by atoms with E-state index in [9.17, 15) is 22.0 Å². The maximum Gasteiger partial charge on any atom is 0.419 e. The number of anilines is 1. The van der Waals surface area contributed by atoms with E-state index < -0.39 is 34.5 Å². The molecule has 0 atom stereocenters. The summed E-state index contributed by atoms with van der Waals surface area (Å²) in [4.78, 5) is 10.7. The predicted molar refractivity (Wildman–Crippen MR) is 96.5 cm³/mol. The number of aromatic nitrogens is 4. The SMILES string of the molecule is Cc1c(F)c(-c2nn(C)c3nc(N4CCNCC4)ncc23)cc(C(F)(F)F)c1F. The van der Waals surface area contributed by atoms with Gasteiger partial charge in [-0.2, -0.15) is 23.3 Å². The molecule has 0 spiro atoms. The van der Waals surface area contributed by atoms with Crippen LogP contribution in [-0.2, 0) is 13.2 Å². The molecular weight excluding hydrogens is 395 g/mol. The van der Waals surface area contributed by atoms with Crippen LogP contribution in [0.4, 0.5) is 27.9 Å². The number of nitrogens with zero attached hydrogens (tertiary/aromatic N) is 5. The highest BCUT2D eigenvalue weighted by Crippen LogP contribution is 2.38. The highest BCUT2D eigenvalue weighted by atomic mass is 19.4. The third-order valence-electron chi connectivity index (χ3n) is 4.95. The quantitative estimate of drug-likeness (QED) is 0.656. The fourth-order valence-corrected chi connectivity index (χ4v) is 3.39. The van der Waals surface area contributed by atoms with Crippen molar-refractivity contribution in [2.75, 3.05) is 31.1 Å². The highest BCUT2D eigenvalue weighted by Gasteiger charge is 2.37. The Balaban J connectivity index is 1.88. The van der Waals surface area contributed by atoms with Crippen molar-refractivity contribution in [3.8, 4) is 11.3 Å². The molecule has 2 aromatic heterocycles. The van der Waals surface area contributed by atoms with Crippen LogP contribution in [0, 0.1) is 18.6 Å². The van der Waals surface area contributed by atoms with Crippen LogP contribution in [0.5, 0.6) is 0 Å². The molecule has 6 nitrogen and oxygen atoms in total. The molecule has 1 aromatic carbocycles. The molecule has 29 heavy (non-hydrogen) atoms. The Morgan fingerprint density at radius 2 is 1.79 bits per heavy atom. The molecule has 11 heteroatoms. The summed E-state index contributed by atoms with van der Waals surface area (Å²) in [5.74, 6) is -2.27. The molecule has 0 radical (unpaired) electrons. The van der Waals surface area contributed by atoms with Gasteiger partial charge in [0.2, 0.25) is 5.95 Å². The Labute approximate surface area is 162 Å². The largest absolute Gasteiger partial charge is 0.419 e. The van der Waals surface area contributed by atoms with Gasteiger partial charge < -0.3 is 10.2 Å². The lowest BCUT2D eigenvalue weighted by Gasteiger charge is -2.27. The van der Waals surface area contributed by atoms with Gasteiger partial charge >= 0.3 is 6.18 Å². The van der Waals surface area contributed by atoms with Gasteiger partial charge in [-0.15, -0.1) is 0 Å². The minimum atomic E-state index is -4.96. The average molecular weight is 412 g/mol. The lowest BCUT2D eigenvalue weighted by Crippen LogP contribution is -2.44. The summed E-state index contributed by atoms with van der Waals surface area (Å²) in [7, 11) is 1.55. The van der Waals surface area contributed by atoms with Gasteiger partial charge in [-0.3, -0.25) is 0 Å². The molecule has 1 fully saturated rings. The Morgan fingerprint density at radius 1 is 1.10 bits per heavy atom. The van der Waals surface area contributed by atoms with E-state index in [2.05, 4.69) is 20.4 Å². The lowest BCUT2D eigenvalue weighted by molar-refractivity contribution is -0.140. The maximum atomic E-state index is 14.7. The summed E-state index contributed by atoms with van der Waals surface area (Å²) in [5, 5.41) is 7.65. The third-order valence-corrected chi connectivity index (χ3v) is 4.95. The summed E-state index contributed by atoms with van der Waals surface area (Å²) in [5.41, 5.74) is -2.42. The van der Waals surface area contributed by atoms with Gasteiger partial charge in [0.25, 0.3) is 0 Å². The number of rotatable bonds is 2. The summed E-state index contributed by atoms with van der Waals surface area (Å²) in [6.45, 7) is 3.93. The van der Waals surface area contributed by atoms with Crippen molar-refractivity contribution < 1.29 is 22.0 Å². The summed E-state index contributed by atoms with van der Waals surface area (Å²) < 4.78 is 69.7. The van der Waals surface area contributed by atoms with E-state index >= 15 is 0 Å². The van der Waals surface area contributed by atoms with Crippen molar-refractivity contribution in [2.45, 2.75) is 13.1 Å². The molecular formula is C18H17F5N6. The number of hydrogen-bond donors (Lipinski definition) is 1. The zero-order valence-corrected chi connectivity index (χ0v) is 15.6. The van der Waals surface area contributed by atoms with E-state index in [1.54, 1.807) is 7.05 Å². The highest BCUT2D eigenvalue weighted by molar-refractivity contribution is 5.91. The molecule has 0 saturated carbocycles. The van der Waals surface area contributed by atoms with E-state index in [0.717, 1.165) is 20.0 Å². The molecule has 1 N–H and O–H groups in total. The monoisotopic (exact) mass is 412 g/mol. The molecule has 0 unspecified atom stereocenters. The summed E-state index contributed by atoms with van der Waals surface area (Å²) >= 11 is 0. The van der Waals surface area contributed by atoms with Crippen LogP contribution >= 0.6 is 0 Å². The molecule has 0 amide bonds. The smallest absolute Gasteiger partial charge is 0.338 e. The summed E-state index contributed by atoms with van der Waals surface area (Å²) in [6.07, 6.45) is -3.55. The number of fused-ring (bicyclic) bond motifs is 1. The maximum absolute atomic E-state index is 14.7. The Bertz CT molecular complexity index is 1080. The molecule has 1 aliphatic rings. The standard InChI is InChI=1S/C18H17F5N6/c1-9-13(19)10(7-12(14(9)20)18(21,22)23)15-11-8-25-17(26-16(11)28(2)27-15)29-5-3-24-4-6-29/h7-8,24H,3-6H2,1-2H3. The van der Waals surface area contributed by atoms with Gasteiger partial charge in [0.15, 0.2) is 5.65 Å². The Hall–Kier alpha value is -2.82. The van der Waals surface area contributed by atoms with Crippen molar-refractivity contribution in [2.24, 2.45) is 7.05 Å². The Morgan fingerprint density at radius 3 is 2.45 bits per heavy atom. The van der Waals surface area contributed by atoms with Crippen LogP contribution in [0.3, 0.4) is 0 Å². The number of alkyl halides is 3. The van der Waals surface area contributed by atoms with Crippen LogP contribution in [0.2, 0.25) is 0 Å². The minimum absolute atomic E-state index is 0.0690. The predicted octanol–water partition coefficient (Wildman–Crippen LogP) is 3.05. The van der Waals surface area contributed by atoms with Crippen LogP contribution in [0.15, 0.2) is 12.3 Å². The van der Waals surface area contributed by atoms with Gasteiger partial charge in [0.1, 0.15) is 17.3 Å². The second-order valence-electron chi connectivity index (χ2n) is 6.84. The first kappa shape index (κ1) is 19.5. The average Bonchev–Trinajstić information content (AvgIpc) is 3.02. The molecule has 3 heterocycles. The van der Waals surface area contributed by atoms with E-state index in [0.29, 0.717) is 30.8 Å². The number of nitrogens with one attached hydrogen (secondary N) is 1. The molecule has 1 saturated heterocycles. The first-order valence-corrected chi connectivity index (χ1v) is 8.90. The van der Waals surface area contributed by atoms with Crippen LogP contribution < -0.4 is 10.2 Å². The topological polar surface area (TPSA) is 58.9 Å². The number of aryl methyl sites for hydroxylation is 1. The van der Waals surface area contributed by atoms with E-state index in [1.807, 2.05) is 4.90 Å². The van der Waals surface area contributed by atoms with E-state index in [4.69, 9.17) is 0 Å². The molecule has 1 aliphatic heterocycles. The third kappa shape index (κ3) is 3.28. The zero-order chi connectivity index (χ0) is 20.9. The van der Waals surface area contributed by atoms with Crippen molar-refractivity contribution >= 4 is 17.0 Å². The van der Waals surface area contributed by atoms with Crippen molar-refractivity contribution in [3.63, 3.8) is 0 Å². The number of piperazine rings is 1.